The third-order valence-electron chi connectivity index (χ3n) is 3.43. The van der Waals surface area contributed by atoms with Crippen LogP contribution in [0.2, 0.25) is 0 Å². The van der Waals surface area contributed by atoms with Crippen molar-refractivity contribution in [1.82, 2.24) is 0 Å². The van der Waals surface area contributed by atoms with E-state index in [-0.39, 0.29) is 0 Å². The van der Waals surface area contributed by atoms with Crippen molar-refractivity contribution in [2.45, 2.75) is 0 Å². The van der Waals surface area contributed by atoms with Gasteiger partial charge in [-0.15, -0.1) is 25.6 Å². The highest BCUT2D eigenvalue weighted by atomic mass is 15.2. The van der Waals surface area contributed by atoms with Gasteiger partial charge in [0, 0.05) is 0 Å². The molecule has 3 aromatic carbocycles. The molecule has 24 heavy (non-hydrogen) atoms. The molecule has 1 aliphatic heterocycles. The Hall–Kier alpha value is -3.54. The van der Waals surface area contributed by atoms with Gasteiger partial charge in [0.1, 0.15) is 28.4 Å². The first-order valence-corrected chi connectivity index (χ1v) is 7.42. The first-order chi connectivity index (χ1) is 11.9. The summed E-state index contributed by atoms with van der Waals surface area (Å²) in [6.45, 7) is 0. The summed E-state index contributed by atoms with van der Waals surface area (Å²) in [5.74, 6) is 0. The van der Waals surface area contributed by atoms with Gasteiger partial charge in [-0.05, 0) is 36.4 Å². The van der Waals surface area contributed by atoms with Gasteiger partial charge < -0.3 is 0 Å². The van der Waals surface area contributed by atoms with Crippen LogP contribution >= 0.6 is 0 Å². The SMILES string of the molecule is c1ccc(N=Nc2ccccc2N=Nc2cccc3c2N=N3)cc1. The molecule has 0 spiro atoms. The third kappa shape index (κ3) is 2.85. The molecule has 1 aliphatic rings. The van der Waals surface area contributed by atoms with Crippen LogP contribution < -0.4 is 0 Å². The summed E-state index contributed by atoms with van der Waals surface area (Å²) < 4.78 is 0. The summed E-state index contributed by atoms with van der Waals surface area (Å²) in [4.78, 5) is 0. The molecule has 0 aliphatic carbocycles. The molecule has 4 rings (SSSR count). The van der Waals surface area contributed by atoms with Crippen molar-refractivity contribution in [3.05, 3.63) is 72.8 Å². The van der Waals surface area contributed by atoms with Gasteiger partial charge in [0.15, 0.2) is 0 Å². The summed E-state index contributed by atoms with van der Waals surface area (Å²) in [6.07, 6.45) is 0. The highest BCUT2D eigenvalue weighted by molar-refractivity contribution is 5.78. The first-order valence-electron chi connectivity index (χ1n) is 7.42. The Balaban J connectivity index is 1.61. The largest absolute Gasteiger partial charge is 0.150 e. The zero-order chi connectivity index (χ0) is 16.2. The number of nitrogens with zero attached hydrogens (tertiary/aromatic N) is 6. The standard InChI is InChI=1S/C18H12N6/c1-2-7-13(8-3-1)19-20-14-9-4-5-10-15(14)21-22-16-11-6-12-17-18(16)24-23-17/h1-12H. The summed E-state index contributed by atoms with van der Waals surface area (Å²) in [5.41, 5.74) is 4.38. The molecular formula is C18H12N6. The van der Waals surface area contributed by atoms with Crippen molar-refractivity contribution in [3.8, 4) is 0 Å². The summed E-state index contributed by atoms with van der Waals surface area (Å²) in [6, 6.07) is 22.7. The zero-order valence-corrected chi connectivity index (χ0v) is 12.6. The van der Waals surface area contributed by atoms with Crippen LogP contribution in [-0.4, -0.2) is 0 Å². The van der Waals surface area contributed by atoms with Gasteiger partial charge in [-0.3, -0.25) is 0 Å². The number of azo groups is 3. The Morgan fingerprint density at radius 3 is 1.83 bits per heavy atom. The van der Waals surface area contributed by atoms with Crippen LogP contribution in [0, 0.1) is 0 Å². The Bertz CT molecular complexity index is 960. The minimum atomic E-state index is 0.644. The third-order valence-corrected chi connectivity index (χ3v) is 3.43. The molecule has 0 atom stereocenters. The number of benzene rings is 3. The van der Waals surface area contributed by atoms with Gasteiger partial charge in [-0.1, -0.05) is 36.4 Å². The molecule has 0 amide bonds. The van der Waals surface area contributed by atoms with Gasteiger partial charge >= 0.3 is 0 Å². The molecule has 0 N–H and O–H groups in total. The highest BCUT2D eigenvalue weighted by Gasteiger charge is 2.13. The smallest absolute Gasteiger partial charge is 0.141 e. The average molecular weight is 312 g/mol. The lowest BCUT2D eigenvalue weighted by Gasteiger charge is -2.08. The quantitative estimate of drug-likeness (QED) is 0.356. The number of fused-ring (bicyclic) bond motifs is 1. The lowest BCUT2D eigenvalue weighted by molar-refractivity contribution is 1.11. The average Bonchev–Trinajstić information content (AvgIpc) is 2.61. The van der Waals surface area contributed by atoms with E-state index >= 15 is 0 Å². The number of rotatable bonds is 4. The predicted molar refractivity (Wildman–Crippen MR) is 91.9 cm³/mol. The number of hydrogen-bond acceptors (Lipinski definition) is 6. The summed E-state index contributed by atoms with van der Waals surface area (Å²) in [5, 5.41) is 25.0. The maximum absolute atomic E-state index is 4.29. The van der Waals surface area contributed by atoms with E-state index in [2.05, 4.69) is 30.7 Å². The van der Waals surface area contributed by atoms with Crippen molar-refractivity contribution >= 4 is 34.1 Å². The maximum Gasteiger partial charge on any atom is 0.141 e. The van der Waals surface area contributed by atoms with E-state index < -0.39 is 0 Å². The molecule has 6 heteroatoms. The van der Waals surface area contributed by atoms with Crippen LogP contribution in [-0.2, 0) is 0 Å². The molecule has 0 bridgehead atoms. The van der Waals surface area contributed by atoms with E-state index in [1.54, 1.807) is 0 Å². The zero-order valence-electron chi connectivity index (χ0n) is 12.6. The van der Waals surface area contributed by atoms with Crippen molar-refractivity contribution in [2.24, 2.45) is 30.7 Å². The fourth-order valence-corrected chi connectivity index (χ4v) is 2.19. The Labute approximate surface area is 138 Å². The molecule has 0 unspecified atom stereocenters. The van der Waals surface area contributed by atoms with Gasteiger partial charge in [0.25, 0.3) is 0 Å². The highest BCUT2D eigenvalue weighted by Crippen LogP contribution is 2.45. The van der Waals surface area contributed by atoms with Gasteiger partial charge in [-0.25, -0.2) is 0 Å². The van der Waals surface area contributed by atoms with Gasteiger partial charge in [0.05, 0.1) is 5.69 Å². The van der Waals surface area contributed by atoms with E-state index in [1.165, 1.54) is 0 Å². The minimum absolute atomic E-state index is 0.644. The molecule has 1 heterocycles. The van der Waals surface area contributed by atoms with Crippen molar-refractivity contribution in [1.29, 1.82) is 0 Å². The second-order valence-corrected chi connectivity index (χ2v) is 5.07. The van der Waals surface area contributed by atoms with E-state index in [0.717, 1.165) is 17.1 Å². The summed E-state index contributed by atoms with van der Waals surface area (Å²) in [7, 11) is 0. The molecule has 0 aromatic heterocycles. The van der Waals surface area contributed by atoms with Gasteiger partial charge in [0.2, 0.25) is 0 Å². The van der Waals surface area contributed by atoms with Crippen molar-refractivity contribution in [2.75, 3.05) is 0 Å². The van der Waals surface area contributed by atoms with Crippen LogP contribution in [0.4, 0.5) is 34.1 Å². The lowest BCUT2D eigenvalue weighted by Crippen LogP contribution is -1.76. The predicted octanol–water partition coefficient (Wildman–Crippen LogP) is 7.25. The second-order valence-electron chi connectivity index (χ2n) is 5.07. The summed E-state index contributed by atoms with van der Waals surface area (Å²) >= 11 is 0. The van der Waals surface area contributed by atoms with Crippen LogP contribution in [0.25, 0.3) is 0 Å². The molecule has 0 saturated carbocycles. The Kier molecular flexibility index (Phi) is 3.69. The minimum Gasteiger partial charge on any atom is -0.150 e. The molecule has 114 valence electrons. The fraction of sp³-hybridized carbons (Fsp3) is 0. The molecule has 0 saturated heterocycles. The monoisotopic (exact) mass is 312 g/mol. The van der Waals surface area contributed by atoms with Crippen LogP contribution in [0.15, 0.2) is 103 Å². The molecule has 6 nitrogen and oxygen atoms in total. The van der Waals surface area contributed by atoms with Crippen LogP contribution in [0.3, 0.4) is 0 Å². The van der Waals surface area contributed by atoms with E-state index in [0.29, 0.717) is 17.1 Å². The topological polar surface area (TPSA) is 74.2 Å². The Morgan fingerprint density at radius 2 is 1.12 bits per heavy atom. The fourth-order valence-electron chi connectivity index (χ4n) is 2.19. The Morgan fingerprint density at radius 1 is 0.500 bits per heavy atom. The van der Waals surface area contributed by atoms with E-state index in [9.17, 15) is 0 Å². The normalized spacial score (nSPS) is 12.5. The first kappa shape index (κ1) is 14.1. The van der Waals surface area contributed by atoms with E-state index in [4.69, 9.17) is 0 Å². The van der Waals surface area contributed by atoms with E-state index in [1.807, 2.05) is 72.8 Å². The molecule has 0 fully saturated rings. The molecule has 0 radical (unpaired) electrons. The van der Waals surface area contributed by atoms with Gasteiger partial charge in [-0.2, -0.15) is 5.11 Å². The van der Waals surface area contributed by atoms with Crippen molar-refractivity contribution < 1.29 is 0 Å². The van der Waals surface area contributed by atoms with Crippen LogP contribution in [0.5, 0.6) is 0 Å². The van der Waals surface area contributed by atoms with Crippen molar-refractivity contribution in [3.63, 3.8) is 0 Å². The maximum atomic E-state index is 4.29. The lowest BCUT2D eigenvalue weighted by atomic mass is 10.2. The second kappa shape index (κ2) is 6.29. The number of hydrogen-bond donors (Lipinski definition) is 0. The molecular weight excluding hydrogens is 300 g/mol. The van der Waals surface area contributed by atoms with Crippen LogP contribution in [0.1, 0.15) is 0 Å². The molecule has 3 aromatic rings.